The Morgan fingerprint density at radius 3 is 2.29 bits per heavy atom. The van der Waals surface area contributed by atoms with Crippen molar-refractivity contribution in [3.8, 4) is 0 Å². The van der Waals surface area contributed by atoms with Crippen LogP contribution in [0.25, 0.3) is 0 Å². The van der Waals surface area contributed by atoms with Gasteiger partial charge in [-0.25, -0.2) is 13.6 Å². The maximum atomic E-state index is 11.9. The number of rotatable bonds is 2. The maximum Gasteiger partial charge on any atom is 0.253 e. The average Bonchev–Trinajstić information content (AvgIpc) is 2.18. The second-order valence-electron chi connectivity index (χ2n) is 3.82. The van der Waals surface area contributed by atoms with Gasteiger partial charge in [-0.3, -0.25) is 4.79 Å². The molecule has 0 radical (unpaired) electrons. The van der Waals surface area contributed by atoms with Crippen LogP contribution in [0.4, 0.5) is 0 Å². The van der Waals surface area contributed by atoms with E-state index in [1.54, 1.807) is 27.1 Å². The zero-order chi connectivity index (χ0) is 13.4. The molecule has 1 rings (SSSR count). The van der Waals surface area contributed by atoms with Crippen LogP contribution in [0.1, 0.15) is 15.9 Å². The first kappa shape index (κ1) is 14.1. The highest BCUT2D eigenvalue weighted by atomic mass is 79.9. The second-order valence-corrected chi connectivity index (χ2v) is 6.27. The summed E-state index contributed by atoms with van der Waals surface area (Å²) in [6.45, 7) is 1.56. The van der Waals surface area contributed by atoms with Crippen LogP contribution in [-0.2, 0) is 10.0 Å². The van der Waals surface area contributed by atoms with Crippen molar-refractivity contribution in [2.24, 2.45) is 5.14 Å². The summed E-state index contributed by atoms with van der Waals surface area (Å²) in [5.41, 5.74) is 0.669. The Kier molecular flexibility index (Phi) is 3.95. The van der Waals surface area contributed by atoms with Crippen molar-refractivity contribution >= 4 is 31.9 Å². The summed E-state index contributed by atoms with van der Waals surface area (Å²) in [5, 5.41) is 5.10. The number of amides is 1. The summed E-state index contributed by atoms with van der Waals surface area (Å²) in [4.78, 5) is 13.2. The molecule has 0 heterocycles. The molecule has 1 aromatic rings. The SMILES string of the molecule is Cc1c(C(=O)N(C)C)cc(Br)cc1S(N)(=O)=O. The fraction of sp³-hybridized carbons (Fsp3) is 0.300. The number of carbonyl (C=O) groups is 1. The van der Waals surface area contributed by atoms with Gasteiger partial charge in [0.15, 0.2) is 0 Å². The van der Waals surface area contributed by atoms with Gasteiger partial charge in [-0.15, -0.1) is 0 Å². The van der Waals surface area contributed by atoms with Crippen molar-refractivity contribution in [2.45, 2.75) is 11.8 Å². The van der Waals surface area contributed by atoms with Crippen LogP contribution in [-0.4, -0.2) is 33.3 Å². The quantitative estimate of drug-likeness (QED) is 0.886. The van der Waals surface area contributed by atoms with Crippen molar-refractivity contribution in [2.75, 3.05) is 14.1 Å². The van der Waals surface area contributed by atoms with Gasteiger partial charge in [0.05, 0.1) is 4.90 Å². The van der Waals surface area contributed by atoms with Gasteiger partial charge >= 0.3 is 0 Å². The normalized spacial score (nSPS) is 11.4. The molecule has 1 aromatic carbocycles. The molecule has 0 aliphatic heterocycles. The van der Waals surface area contributed by atoms with E-state index in [4.69, 9.17) is 5.14 Å². The average molecular weight is 321 g/mol. The predicted molar refractivity (Wildman–Crippen MR) is 68.3 cm³/mol. The van der Waals surface area contributed by atoms with Crippen LogP contribution >= 0.6 is 15.9 Å². The van der Waals surface area contributed by atoms with Crippen LogP contribution in [0.5, 0.6) is 0 Å². The summed E-state index contributed by atoms with van der Waals surface area (Å²) in [6.07, 6.45) is 0. The second kappa shape index (κ2) is 4.75. The molecular weight excluding hydrogens is 308 g/mol. The zero-order valence-electron chi connectivity index (χ0n) is 9.69. The smallest absolute Gasteiger partial charge is 0.253 e. The van der Waals surface area contributed by atoms with Gasteiger partial charge in [-0.05, 0) is 24.6 Å². The highest BCUT2D eigenvalue weighted by Gasteiger charge is 2.20. The first-order chi connectivity index (χ1) is 7.64. The molecule has 1 amide bonds. The molecule has 5 nitrogen and oxygen atoms in total. The molecular formula is C10H13BrN2O3S. The Morgan fingerprint density at radius 2 is 1.88 bits per heavy atom. The molecule has 7 heteroatoms. The molecule has 0 bridgehead atoms. The Balaban J connectivity index is 3.56. The Morgan fingerprint density at radius 1 is 1.35 bits per heavy atom. The highest BCUT2D eigenvalue weighted by molar-refractivity contribution is 9.10. The van der Waals surface area contributed by atoms with Crippen molar-refractivity contribution in [1.29, 1.82) is 0 Å². The number of benzene rings is 1. The molecule has 0 saturated heterocycles. The molecule has 94 valence electrons. The van der Waals surface area contributed by atoms with E-state index in [-0.39, 0.29) is 10.8 Å². The summed E-state index contributed by atoms with van der Waals surface area (Å²) < 4.78 is 23.3. The Bertz CT molecular complexity index is 567. The number of nitrogens with two attached hydrogens (primary N) is 1. The van der Waals surface area contributed by atoms with Crippen LogP contribution < -0.4 is 5.14 Å². The number of hydrogen-bond donors (Lipinski definition) is 1. The van der Waals surface area contributed by atoms with E-state index in [1.807, 2.05) is 0 Å². The lowest BCUT2D eigenvalue weighted by atomic mass is 10.1. The van der Waals surface area contributed by atoms with Gasteiger partial charge in [0.25, 0.3) is 5.91 Å². The van der Waals surface area contributed by atoms with Crippen LogP contribution in [0.2, 0.25) is 0 Å². The molecule has 0 aliphatic rings. The minimum atomic E-state index is -3.84. The van der Waals surface area contributed by atoms with E-state index >= 15 is 0 Å². The van der Waals surface area contributed by atoms with Gasteiger partial charge in [-0.1, -0.05) is 15.9 Å². The molecule has 0 atom stereocenters. The van der Waals surface area contributed by atoms with Gasteiger partial charge in [0, 0.05) is 24.1 Å². The van der Waals surface area contributed by atoms with Gasteiger partial charge in [0.1, 0.15) is 0 Å². The van der Waals surface area contributed by atoms with Crippen LogP contribution in [0.3, 0.4) is 0 Å². The summed E-state index contributed by atoms with van der Waals surface area (Å²) in [5.74, 6) is -0.270. The predicted octanol–water partition coefficient (Wildman–Crippen LogP) is 1.11. The third-order valence-electron chi connectivity index (χ3n) is 2.27. The third-order valence-corrected chi connectivity index (χ3v) is 3.76. The number of sulfonamides is 1. The summed E-state index contributed by atoms with van der Waals surface area (Å²) in [7, 11) is -0.645. The van der Waals surface area contributed by atoms with Crippen molar-refractivity contribution in [3.05, 3.63) is 27.7 Å². The number of primary sulfonamides is 1. The highest BCUT2D eigenvalue weighted by Crippen LogP contribution is 2.24. The minimum absolute atomic E-state index is 0.0444. The molecule has 0 aromatic heterocycles. The topological polar surface area (TPSA) is 80.5 Å². The first-order valence-electron chi connectivity index (χ1n) is 4.69. The number of halogens is 1. The van der Waals surface area contributed by atoms with Gasteiger partial charge < -0.3 is 4.90 Å². The molecule has 0 fully saturated rings. The third kappa shape index (κ3) is 3.05. The zero-order valence-corrected chi connectivity index (χ0v) is 12.1. The Labute approximate surface area is 109 Å². The molecule has 2 N–H and O–H groups in total. The van der Waals surface area contributed by atoms with Crippen LogP contribution in [0, 0.1) is 6.92 Å². The van der Waals surface area contributed by atoms with Crippen molar-refractivity contribution in [3.63, 3.8) is 0 Å². The molecule has 17 heavy (non-hydrogen) atoms. The molecule has 0 aliphatic carbocycles. The summed E-state index contributed by atoms with van der Waals surface area (Å²) >= 11 is 3.17. The van der Waals surface area contributed by atoms with E-state index in [1.165, 1.54) is 11.0 Å². The van der Waals surface area contributed by atoms with E-state index in [9.17, 15) is 13.2 Å². The fourth-order valence-corrected chi connectivity index (χ4v) is 2.85. The van der Waals surface area contributed by atoms with Crippen molar-refractivity contribution in [1.82, 2.24) is 4.90 Å². The first-order valence-corrected chi connectivity index (χ1v) is 7.03. The largest absolute Gasteiger partial charge is 0.345 e. The minimum Gasteiger partial charge on any atom is -0.345 e. The number of carbonyl (C=O) groups excluding carboxylic acids is 1. The Hall–Kier alpha value is -0.920. The number of hydrogen-bond acceptors (Lipinski definition) is 3. The monoisotopic (exact) mass is 320 g/mol. The lowest BCUT2D eigenvalue weighted by molar-refractivity contribution is 0.0826. The van der Waals surface area contributed by atoms with E-state index in [2.05, 4.69) is 15.9 Å². The van der Waals surface area contributed by atoms with Crippen LogP contribution in [0.15, 0.2) is 21.5 Å². The van der Waals surface area contributed by atoms with E-state index < -0.39 is 10.0 Å². The number of nitrogens with zero attached hydrogens (tertiary/aromatic N) is 1. The van der Waals surface area contributed by atoms with Gasteiger partial charge in [-0.2, -0.15) is 0 Å². The fourth-order valence-electron chi connectivity index (χ4n) is 1.41. The standard InChI is InChI=1S/C10H13BrN2O3S/c1-6-8(10(14)13(2)3)4-7(11)5-9(6)17(12,15)16/h4-5H,1-3H3,(H2,12,15,16). The molecule has 0 saturated carbocycles. The maximum absolute atomic E-state index is 11.9. The lowest BCUT2D eigenvalue weighted by Gasteiger charge is -2.14. The summed E-state index contributed by atoms with van der Waals surface area (Å²) in [6, 6.07) is 2.96. The van der Waals surface area contributed by atoms with Gasteiger partial charge in [0.2, 0.25) is 10.0 Å². The molecule has 0 unspecified atom stereocenters. The lowest BCUT2D eigenvalue weighted by Crippen LogP contribution is -2.24. The molecule has 0 spiro atoms. The van der Waals surface area contributed by atoms with E-state index in [0.29, 0.717) is 15.6 Å². The van der Waals surface area contributed by atoms with Crippen molar-refractivity contribution < 1.29 is 13.2 Å². The van der Waals surface area contributed by atoms with E-state index in [0.717, 1.165) is 0 Å².